The summed E-state index contributed by atoms with van der Waals surface area (Å²) in [6, 6.07) is 10.7. The zero-order valence-electron chi connectivity index (χ0n) is 12.8. The first-order chi connectivity index (χ1) is 9.67. The van der Waals surface area contributed by atoms with Crippen molar-refractivity contribution in [3.05, 3.63) is 35.9 Å². The molecule has 0 aromatic heterocycles. The number of likely N-dealkylation sites (N-methyl/N-ethyl adjacent to an activating group) is 1. The molecule has 3 nitrogen and oxygen atoms in total. The molecule has 1 N–H and O–H groups in total. The third kappa shape index (κ3) is 3.60. The van der Waals surface area contributed by atoms with Gasteiger partial charge in [0.15, 0.2) is 0 Å². The zero-order valence-corrected chi connectivity index (χ0v) is 12.8. The fourth-order valence-corrected chi connectivity index (χ4v) is 2.74. The van der Waals surface area contributed by atoms with Crippen LogP contribution in [-0.4, -0.2) is 29.9 Å². The number of hydrogen-bond acceptors (Lipinski definition) is 2. The molecule has 0 aliphatic heterocycles. The molecule has 1 aromatic rings. The Kier molecular flexibility index (Phi) is 5.18. The van der Waals surface area contributed by atoms with Gasteiger partial charge in [0.1, 0.15) is 0 Å². The second-order valence-corrected chi connectivity index (χ2v) is 5.62. The van der Waals surface area contributed by atoms with Crippen LogP contribution in [0.1, 0.15) is 45.2 Å². The molecule has 2 atom stereocenters. The Balaban J connectivity index is 2.03. The van der Waals surface area contributed by atoms with Gasteiger partial charge in [0.05, 0.1) is 6.04 Å². The maximum Gasteiger partial charge on any atom is 0.239 e. The van der Waals surface area contributed by atoms with Crippen molar-refractivity contribution in [1.29, 1.82) is 0 Å². The summed E-state index contributed by atoms with van der Waals surface area (Å²) in [5, 5.41) is 3.55. The van der Waals surface area contributed by atoms with Gasteiger partial charge in [-0.1, -0.05) is 30.3 Å². The maximum absolute atomic E-state index is 12.4. The van der Waals surface area contributed by atoms with Crippen LogP contribution in [0.4, 0.5) is 0 Å². The van der Waals surface area contributed by atoms with E-state index in [4.69, 9.17) is 0 Å². The molecular formula is C17H26N2O. The topological polar surface area (TPSA) is 32.3 Å². The molecule has 1 aliphatic rings. The van der Waals surface area contributed by atoms with Gasteiger partial charge in [0, 0.05) is 19.1 Å². The van der Waals surface area contributed by atoms with Gasteiger partial charge < -0.3 is 4.90 Å². The molecule has 0 radical (unpaired) electrons. The highest BCUT2D eigenvalue weighted by Crippen LogP contribution is 2.41. The van der Waals surface area contributed by atoms with Crippen LogP contribution in [-0.2, 0) is 4.79 Å². The summed E-state index contributed by atoms with van der Waals surface area (Å²) in [6.45, 7) is 7.61. The highest BCUT2D eigenvalue weighted by molar-refractivity contribution is 5.81. The molecule has 0 bridgehead atoms. The quantitative estimate of drug-likeness (QED) is 0.829. The number of carbonyl (C=O) groups is 1. The number of hydrogen-bond donors (Lipinski definition) is 1. The van der Waals surface area contributed by atoms with Gasteiger partial charge in [-0.25, -0.2) is 0 Å². The monoisotopic (exact) mass is 274 g/mol. The molecule has 1 fully saturated rings. The second-order valence-electron chi connectivity index (χ2n) is 5.62. The summed E-state index contributed by atoms with van der Waals surface area (Å²) in [5.74, 6) is 0.890. The van der Waals surface area contributed by atoms with Crippen LogP contribution in [0.2, 0.25) is 0 Å². The lowest BCUT2D eigenvalue weighted by atomic mass is 10.0. The van der Waals surface area contributed by atoms with E-state index in [-0.39, 0.29) is 11.9 Å². The molecule has 2 unspecified atom stereocenters. The van der Waals surface area contributed by atoms with E-state index in [9.17, 15) is 4.79 Å². The Morgan fingerprint density at radius 3 is 2.35 bits per heavy atom. The number of amides is 1. The predicted molar refractivity (Wildman–Crippen MR) is 82.4 cm³/mol. The predicted octanol–water partition coefficient (Wildman–Crippen LogP) is 2.98. The summed E-state index contributed by atoms with van der Waals surface area (Å²) in [4.78, 5) is 14.3. The largest absolute Gasteiger partial charge is 0.342 e. The Labute approximate surface area is 122 Å². The van der Waals surface area contributed by atoms with Gasteiger partial charge in [-0.3, -0.25) is 10.1 Å². The lowest BCUT2D eigenvalue weighted by molar-refractivity contribution is -0.132. The summed E-state index contributed by atoms with van der Waals surface area (Å²) < 4.78 is 0. The molecule has 0 heterocycles. The third-order valence-electron chi connectivity index (χ3n) is 4.13. The fourth-order valence-electron chi connectivity index (χ4n) is 2.74. The molecule has 0 saturated heterocycles. The van der Waals surface area contributed by atoms with Crippen LogP contribution in [0.15, 0.2) is 30.3 Å². The number of benzene rings is 1. The van der Waals surface area contributed by atoms with Crippen molar-refractivity contribution in [2.45, 2.75) is 45.7 Å². The van der Waals surface area contributed by atoms with Crippen molar-refractivity contribution in [2.75, 3.05) is 13.1 Å². The third-order valence-corrected chi connectivity index (χ3v) is 4.13. The molecule has 1 amide bonds. The van der Waals surface area contributed by atoms with Crippen molar-refractivity contribution in [3.8, 4) is 0 Å². The maximum atomic E-state index is 12.4. The van der Waals surface area contributed by atoms with E-state index >= 15 is 0 Å². The van der Waals surface area contributed by atoms with E-state index in [2.05, 4.69) is 29.6 Å². The minimum absolute atomic E-state index is 0.124. The Bertz CT molecular complexity index is 424. The minimum atomic E-state index is -0.124. The number of rotatable bonds is 7. The average Bonchev–Trinajstić information content (AvgIpc) is 3.31. The fraction of sp³-hybridized carbons (Fsp3) is 0.588. The van der Waals surface area contributed by atoms with Gasteiger partial charge in [0.25, 0.3) is 0 Å². The first kappa shape index (κ1) is 15.0. The molecule has 20 heavy (non-hydrogen) atoms. The average molecular weight is 274 g/mol. The first-order valence-corrected chi connectivity index (χ1v) is 7.77. The van der Waals surface area contributed by atoms with E-state index in [1.54, 1.807) is 0 Å². The number of carbonyl (C=O) groups excluding carboxylic acids is 1. The van der Waals surface area contributed by atoms with Crippen LogP contribution in [0.25, 0.3) is 0 Å². The van der Waals surface area contributed by atoms with E-state index in [1.165, 1.54) is 18.4 Å². The van der Waals surface area contributed by atoms with Gasteiger partial charge in [0.2, 0.25) is 5.91 Å². The van der Waals surface area contributed by atoms with Gasteiger partial charge in [-0.05, 0) is 45.1 Å². The highest BCUT2D eigenvalue weighted by atomic mass is 16.2. The van der Waals surface area contributed by atoms with Gasteiger partial charge >= 0.3 is 0 Å². The van der Waals surface area contributed by atoms with Gasteiger partial charge in [-0.15, -0.1) is 0 Å². The van der Waals surface area contributed by atoms with Crippen LogP contribution >= 0.6 is 0 Å². The van der Waals surface area contributed by atoms with Crippen molar-refractivity contribution >= 4 is 5.91 Å². The summed E-state index contributed by atoms with van der Waals surface area (Å²) >= 11 is 0. The minimum Gasteiger partial charge on any atom is -0.342 e. The zero-order chi connectivity index (χ0) is 14.5. The first-order valence-electron chi connectivity index (χ1n) is 7.77. The van der Waals surface area contributed by atoms with E-state index in [0.717, 1.165) is 13.1 Å². The normalized spacial score (nSPS) is 17.6. The summed E-state index contributed by atoms with van der Waals surface area (Å²) in [5.41, 5.74) is 1.30. The molecule has 1 saturated carbocycles. The highest BCUT2D eigenvalue weighted by Gasteiger charge is 2.34. The number of nitrogens with zero attached hydrogens (tertiary/aromatic N) is 1. The van der Waals surface area contributed by atoms with Crippen molar-refractivity contribution in [1.82, 2.24) is 10.2 Å². The van der Waals surface area contributed by atoms with Crippen LogP contribution < -0.4 is 5.32 Å². The van der Waals surface area contributed by atoms with E-state index < -0.39 is 0 Å². The molecule has 1 aromatic carbocycles. The lowest BCUT2D eigenvalue weighted by Gasteiger charge is -2.27. The van der Waals surface area contributed by atoms with Crippen LogP contribution in [0.3, 0.4) is 0 Å². The molecule has 110 valence electrons. The van der Waals surface area contributed by atoms with Crippen LogP contribution in [0, 0.1) is 5.92 Å². The van der Waals surface area contributed by atoms with Crippen LogP contribution in [0.5, 0.6) is 0 Å². The van der Waals surface area contributed by atoms with Crippen molar-refractivity contribution in [2.24, 2.45) is 5.92 Å². The smallest absolute Gasteiger partial charge is 0.239 e. The Morgan fingerprint density at radius 2 is 1.85 bits per heavy atom. The summed E-state index contributed by atoms with van der Waals surface area (Å²) in [6.07, 6.45) is 2.53. The van der Waals surface area contributed by atoms with E-state index in [0.29, 0.717) is 12.0 Å². The van der Waals surface area contributed by atoms with Crippen molar-refractivity contribution < 1.29 is 4.79 Å². The molecular weight excluding hydrogens is 248 g/mol. The second kappa shape index (κ2) is 6.89. The molecule has 0 spiro atoms. The summed E-state index contributed by atoms with van der Waals surface area (Å²) in [7, 11) is 0. The van der Waals surface area contributed by atoms with Crippen molar-refractivity contribution in [3.63, 3.8) is 0 Å². The number of nitrogens with one attached hydrogen (secondary N) is 1. The van der Waals surface area contributed by atoms with E-state index in [1.807, 2.05) is 31.7 Å². The molecule has 3 heteroatoms. The Morgan fingerprint density at radius 1 is 1.25 bits per heavy atom. The molecule has 2 rings (SSSR count). The van der Waals surface area contributed by atoms with Gasteiger partial charge in [-0.2, -0.15) is 0 Å². The molecule has 1 aliphatic carbocycles. The lowest BCUT2D eigenvalue weighted by Crippen LogP contribution is -2.46. The Hall–Kier alpha value is -1.35. The SMILES string of the molecule is CCN(CC)C(=O)C(C)NC(c1ccccc1)C1CC1. The standard InChI is InChI=1S/C17H26N2O/c1-4-19(5-2)17(20)13(3)18-16(15-11-12-15)14-9-7-6-8-10-14/h6-10,13,15-16,18H,4-5,11-12H2,1-3H3.